The van der Waals surface area contributed by atoms with Crippen LogP contribution in [0.2, 0.25) is 0 Å². The molecule has 3 rings (SSSR count). The predicted molar refractivity (Wildman–Crippen MR) is 116 cm³/mol. The van der Waals surface area contributed by atoms with E-state index in [1.807, 2.05) is 4.90 Å². The highest BCUT2D eigenvalue weighted by Crippen LogP contribution is 2.29. The van der Waals surface area contributed by atoms with Crippen molar-refractivity contribution in [1.82, 2.24) is 15.2 Å². The van der Waals surface area contributed by atoms with Crippen molar-refractivity contribution in [2.75, 3.05) is 37.6 Å². The van der Waals surface area contributed by atoms with Gasteiger partial charge in [0.2, 0.25) is 0 Å². The fraction of sp³-hybridized carbons (Fsp3) is 0.435. The van der Waals surface area contributed by atoms with Crippen LogP contribution in [0, 0.1) is 0 Å². The maximum atomic E-state index is 12.7. The lowest BCUT2D eigenvalue weighted by Gasteiger charge is -2.35. The van der Waals surface area contributed by atoms with Gasteiger partial charge >= 0.3 is 6.18 Å². The Morgan fingerprint density at radius 1 is 0.969 bits per heavy atom. The Morgan fingerprint density at radius 3 is 2.19 bits per heavy atom. The number of hydrogen-bond donors (Lipinski definition) is 1. The van der Waals surface area contributed by atoms with Crippen LogP contribution in [0.1, 0.15) is 52.5 Å². The molecule has 0 aliphatic carbocycles. The van der Waals surface area contributed by atoms with Gasteiger partial charge in [-0.25, -0.2) is 4.98 Å². The molecule has 2 heterocycles. The first kappa shape index (κ1) is 23.6. The first-order chi connectivity index (χ1) is 15.3. The second kappa shape index (κ2) is 10.5. The molecule has 2 amide bonds. The van der Waals surface area contributed by atoms with Gasteiger partial charge in [-0.1, -0.05) is 19.8 Å². The van der Waals surface area contributed by atoms with Crippen LogP contribution in [0.25, 0.3) is 0 Å². The van der Waals surface area contributed by atoms with Crippen LogP contribution >= 0.6 is 0 Å². The van der Waals surface area contributed by atoms with Gasteiger partial charge in [-0.3, -0.25) is 9.59 Å². The van der Waals surface area contributed by atoms with Crippen molar-refractivity contribution < 1.29 is 22.8 Å². The first-order valence-corrected chi connectivity index (χ1v) is 10.8. The molecule has 0 bridgehead atoms. The standard InChI is InChI=1S/C23H27F3N4O2/c1-2-3-4-11-27-21(31)18-7-10-20(28-16-18)29-12-14-30(15-13-29)22(32)17-5-8-19(9-6-17)23(24,25)26/h5-10,16H,2-4,11-15H2,1H3,(H,27,31). The molecule has 0 radical (unpaired) electrons. The number of carbonyl (C=O) groups excluding carboxylic acids is 2. The van der Waals surface area contributed by atoms with E-state index in [1.165, 1.54) is 12.1 Å². The smallest absolute Gasteiger partial charge is 0.353 e. The van der Waals surface area contributed by atoms with Crippen LogP contribution in [-0.4, -0.2) is 54.4 Å². The number of alkyl halides is 3. The Balaban J connectivity index is 1.52. The lowest BCUT2D eigenvalue weighted by Crippen LogP contribution is -2.49. The van der Waals surface area contributed by atoms with Crippen LogP contribution in [0.3, 0.4) is 0 Å². The van der Waals surface area contributed by atoms with Gasteiger partial charge in [0.05, 0.1) is 11.1 Å². The summed E-state index contributed by atoms with van der Waals surface area (Å²) in [5.41, 5.74) is -0.0386. The number of benzene rings is 1. The molecule has 0 saturated carbocycles. The van der Waals surface area contributed by atoms with Crippen molar-refractivity contribution in [3.8, 4) is 0 Å². The number of amides is 2. The van der Waals surface area contributed by atoms with Crippen LogP contribution in [-0.2, 0) is 6.18 Å². The van der Waals surface area contributed by atoms with Gasteiger partial charge in [-0.2, -0.15) is 13.2 Å². The van der Waals surface area contributed by atoms with E-state index in [-0.39, 0.29) is 17.4 Å². The van der Waals surface area contributed by atoms with E-state index in [4.69, 9.17) is 0 Å². The highest BCUT2D eigenvalue weighted by molar-refractivity contribution is 5.95. The second-order valence-electron chi connectivity index (χ2n) is 7.72. The minimum Gasteiger partial charge on any atom is -0.353 e. The van der Waals surface area contributed by atoms with E-state index in [9.17, 15) is 22.8 Å². The number of nitrogens with one attached hydrogen (secondary N) is 1. The second-order valence-corrected chi connectivity index (χ2v) is 7.72. The van der Waals surface area contributed by atoms with Gasteiger partial charge in [-0.15, -0.1) is 0 Å². The Hall–Kier alpha value is -3.10. The molecular weight excluding hydrogens is 421 g/mol. The van der Waals surface area contributed by atoms with Crippen LogP contribution < -0.4 is 10.2 Å². The molecule has 1 aliphatic rings. The fourth-order valence-corrected chi connectivity index (χ4v) is 3.51. The number of carbonyl (C=O) groups is 2. The van der Waals surface area contributed by atoms with Crippen molar-refractivity contribution in [3.05, 3.63) is 59.3 Å². The molecule has 0 unspecified atom stereocenters. The molecule has 0 spiro atoms. The average Bonchev–Trinajstić information content (AvgIpc) is 2.81. The van der Waals surface area contributed by atoms with E-state index < -0.39 is 11.7 Å². The monoisotopic (exact) mass is 448 g/mol. The third kappa shape index (κ3) is 5.99. The van der Waals surface area contributed by atoms with Crippen molar-refractivity contribution in [3.63, 3.8) is 0 Å². The largest absolute Gasteiger partial charge is 0.416 e. The van der Waals surface area contributed by atoms with Gasteiger partial charge < -0.3 is 15.1 Å². The highest BCUT2D eigenvalue weighted by atomic mass is 19.4. The number of hydrogen-bond acceptors (Lipinski definition) is 4. The quantitative estimate of drug-likeness (QED) is 0.651. The summed E-state index contributed by atoms with van der Waals surface area (Å²) < 4.78 is 38.1. The maximum Gasteiger partial charge on any atom is 0.416 e. The zero-order valence-corrected chi connectivity index (χ0v) is 18.0. The molecule has 0 atom stereocenters. The summed E-state index contributed by atoms with van der Waals surface area (Å²) in [7, 11) is 0. The number of halogens is 3. The topological polar surface area (TPSA) is 65.5 Å². The summed E-state index contributed by atoms with van der Waals surface area (Å²) in [5, 5.41) is 2.88. The van der Waals surface area contributed by atoms with Crippen LogP contribution in [0.15, 0.2) is 42.6 Å². The minimum absolute atomic E-state index is 0.146. The summed E-state index contributed by atoms with van der Waals surface area (Å²) in [6.45, 7) is 4.70. The average molecular weight is 448 g/mol. The number of pyridine rings is 1. The van der Waals surface area contributed by atoms with E-state index in [2.05, 4.69) is 17.2 Å². The van der Waals surface area contributed by atoms with E-state index in [1.54, 1.807) is 23.2 Å². The summed E-state index contributed by atoms with van der Waals surface area (Å²) in [4.78, 5) is 32.8. The summed E-state index contributed by atoms with van der Waals surface area (Å²) in [6, 6.07) is 7.80. The van der Waals surface area contributed by atoms with Gasteiger partial charge in [0.15, 0.2) is 0 Å². The van der Waals surface area contributed by atoms with Crippen molar-refractivity contribution in [2.24, 2.45) is 0 Å². The molecule has 1 saturated heterocycles. The lowest BCUT2D eigenvalue weighted by molar-refractivity contribution is -0.137. The number of rotatable bonds is 7. The van der Waals surface area contributed by atoms with Crippen LogP contribution in [0.4, 0.5) is 19.0 Å². The fourth-order valence-electron chi connectivity index (χ4n) is 3.51. The van der Waals surface area contributed by atoms with Crippen molar-refractivity contribution >= 4 is 17.6 Å². The molecule has 1 aliphatic heterocycles. The Labute approximate surface area is 185 Å². The molecule has 1 aromatic carbocycles. The number of nitrogens with zero attached hydrogens (tertiary/aromatic N) is 3. The Kier molecular flexibility index (Phi) is 7.71. The molecule has 2 aromatic rings. The molecule has 1 aromatic heterocycles. The maximum absolute atomic E-state index is 12.7. The molecule has 1 N–H and O–H groups in total. The molecule has 9 heteroatoms. The van der Waals surface area contributed by atoms with Gasteiger partial charge in [0.25, 0.3) is 11.8 Å². The summed E-state index contributed by atoms with van der Waals surface area (Å²) in [6.07, 6.45) is 0.235. The van der Waals surface area contributed by atoms with E-state index in [0.717, 1.165) is 31.4 Å². The predicted octanol–water partition coefficient (Wildman–Crippen LogP) is 3.98. The van der Waals surface area contributed by atoms with E-state index in [0.29, 0.717) is 44.1 Å². The van der Waals surface area contributed by atoms with Gasteiger partial charge in [0.1, 0.15) is 5.82 Å². The zero-order chi connectivity index (χ0) is 23.1. The third-order valence-electron chi connectivity index (χ3n) is 5.43. The Bertz CT molecular complexity index is 906. The SMILES string of the molecule is CCCCCNC(=O)c1ccc(N2CCN(C(=O)c3ccc(C(F)(F)F)cc3)CC2)nc1. The lowest BCUT2D eigenvalue weighted by atomic mass is 10.1. The van der Waals surface area contributed by atoms with Crippen molar-refractivity contribution in [1.29, 1.82) is 0 Å². The summed E-state index contributed by atoms with van der Waals surface area (Å²) >= 11 is 0. The number of aromatic nitrogens is 1. The normalized spacial score (nSPS) is 14.4. The molecule has 32 heavy (non-hydrogen) atoms. The molecule has 1 fully saturated rings. The molecule has 172 valence electrons. The van der Waals surface area contributed by atoms with Crippen LogP contribution in [0.5, 0.6) is 0 Å². The number of anilines is 1. The number of unbranched alkanes of at least 4 members (excludes halogenated alkanes) is 2. The number of piperazine rings is 1. The highest BCUT2D eigenvalue weighted by Gasteiger charge is 2.30. The van der Waals surface area contributed by atoms with Gasteiger partial charge in [-0.05, 0) is 42.8 Å². The third-order valence-corrected chi connectivity index (χ3v) is 5.43. The zero-order valence-electron chi connectivity index (χ0n) is 18.0. The minimum atomic E-state index is -4.43. The molecular formula is C23H27F3N4O2. The van der Waals surface area contributed by atoms with E-state index >= 15 is 0 Å². The summed E-state index contributed by atoms with van der Waals surface area (Å²) in [5.74, 6) is 0.280. The molecule has 6 nitrogen and oxygen atoms in total. The Morgan fingerprint density at radius 2 is 1.62 bits per heavy atom. The first-order valence-electron chi connectivity index (χ1n) is 10.8. The van der Waals surface area contributed by atoms with Gasteiger partial charge in [0, 0.05) is 44.5 Å². The van der Waals surface area contributed by atoms with Crippen molar-refractivity contribution in [2.45, 2.75) is 32.4 Å².